The van der Waals surface area contributed by atoms with E-state index in [0.29, 0.717) is 18.5 Å². The molecule has 0 spiro atoms. The molecular weight excluding hydrogens is 230 g/mol. The van der Waals surface area contributed by atoms with Crippen LogP contribution < -0.4 is 0 Å². The topological polar surface area (TPSA) is 62.5 Å². The molecule has 0 aliphatic rings. The van der Waals surface area contributed by atoms with E-state index in [-0.39, 0.29) is 6.61 Å². The number of nitrogens with zero attached hydrogens (tertiary/aromatic N) is 1. The molecule has 2 N–H and O–H groups in total. The highest BCUT2D eigenvalue weighted by Gasteiger charge is 2.14. The van der Waals surface area contributed by atoms with Crippen molar-refractivity contribution in [2.75, 3.05) is 6.61 Å². The van der Waals surface area contributed by atoms with Crippen molar-refractivity contribution in [3.63, 3.8) is 0 Å². The summed E-state index contributed by atoms with van der Waals surface area (Å²) in [5, 5.41) is 19.0. The van der Waals surface area contributed by atoms with E-state index in [2.05, 4.69) is 0 Å². The van der Waals surface area contributed by atoms with Gasteiger partial charge in [-0.25, -0.2) is 4.79 Å². The molecule has 18 heavy (non-hydrogen) atoms. The number of fused-ring (bicyclic) bond motifs is 1. The van der Waals surface area contributed by atoms with Gasteiger partial charge in [0.1, 0.15) is 0 Å². The first-order valence-electron chi connectivity index (χ1n) is 6.14. The molecule has 0 unspecified atom stereocenters. The number of hydrogen-bond donors (Lipinski definition) is 2. The largest absolute Gasteiger partial charge is 0.478 e. The standard InChI is InChI=1S/C14H17NO3/c1-2-10-9-15(7-4-8-16)12-6-3-5-11(13(10)12)14(17)18/h3,5-6,9,16H,2,4,7-8H2,1H3,(H,17,18). The van der Waals surface area contributed by atoms with Crippen LogP contribution in [0.2, 0.25) is 0 Å². The van der Waals surface area contributed by atoms with Crippen molar-refractivity contribution in [3.8, 4) is 0 Å². The number of aryl methyl sites for hydroxylation is 2. The molecule has 2 aromatic rings. The maximum absolute atomic E-state index is 11.3. The zero-order valence-corrected chi connectivity index (χ0v) is 10.4. The van der Waals surface area contributed by atoms with Crippen molar-refractivity contribution in [2.24, 2.45) is 0 Å². The maximum atomic E-state index is 11.3. The number of aliphatic hydroxyl groups is 1. The Kier molecular flexibility index (Phi) is 3.67. The summed E-state index contributed by atoms with van der Waals surface area (Å²) >= 11 is 0. The number of aromatic carboxylic acids is 1. The first-order chi connectivity index (χ1) is 8.69. The summed E-state index contributed by atoms with van der Waals surface area (Å²) in [7, 11) is 0. The lowest BCUT2D eigenvalue weighted by Gasteiger charge is -2.04. The first kappa shape index (κ1) is 12.6. The Balaban J connectivity index is 2.63. The van der Waals surface area contributed by atoms with Gasteiger partial charge in [-0.05, 0) is 30.5 Å². The number of hydrogen-bond acceptors (Lipinski definition) is 2. The van der Waals surface area contributed by atoms with E-state index >= 15 is 0 Å². The molecule has 0 fully saturated rings. The number of aromatic nitrogens is 1. The van der Waals surface area contributed by atoms with Crippen LogP contribution in [0.4, 0.5) is 0 Å². The van der Waals surface area contributed by atoms with Crippen molar-refractivity contribution in [1.82, 2.24) is 4.57 Å². The molecule has 0 saturated carbocycles. The van der Waals surface area contributed by atoms with E-state index in [4.69, 9.17) is 5.11 Å². The van der Waals surface area contributed by atoms with Crippen molar-refractivity contribution < 1.29 is 15.0 Å². The Morgan fingerprint density at radius 3 is 2.78 bits per heavy atom. The summed E-state index contributed by atoms with van der Waals surface area (Å²) in [6.45, 7) is 2.86. The SMILES string of the molecule is CCc1cn(CCCO)c2cccc(C(=O)O)c12. The third-order valence-electron chi connectivity index (χ3n) is 3.15. The van der Waals surface area contributed by atoms with Crippen LogP contribution >= 0.6 is 0 Å². The predicted molar refractivity (Wildman–Crippen MR) is 70.0 cm³/mol. The summed E-state index contributed by atoms with van der Waals surface area (Å²) in [6, 6.07) is 5.33. The molecule has 2 rings (SSSR count). The molecular formula is C14H17NO3. The van der Waals surface area contributed by atoms with Gasteiger partial charge < -0.3 is 14.8 Å². The second kappa shape index (κ2) is 5.23. The van der Waals surface area contributed by atoms with Crippen LogP contribution in [0.1, 0.15) is 29.3 Å². The first-order valence-corrected chi connectivity index (χ1v) is 6.14. The van der Waals surface area contributed by atoms with E-state index in [1.165, 1.54) is 0 Å². The highest BCUT2D eigenvalue weighted by molar-refractivity contribution is 6.04. The zero-order valence-electron chi connectivity index (χ0n) is 10.4. The number of aliphatic hydroxyl groups excluding tert-OH is 1. The summed E-state index contributed by atoms with van der Waals surface area (Å²) in [6.07, 6.45) is 3.46. The zero-order chi connectivity index (χ0) is 13.1. The Morgan fingerprint density at radius 1 is 1.39 bits per heavy atom. The lowest BCUT2D eigenvalue weighted by molar-refractivity contribution is 0.0699. The number of rotatable bonds is 5. The quantitative estimate of drug-likeness (QED) is 0.852. The molecule has 0 radical (unpaired) electrons. The van der Waals surface area contributed by atoms with Crippen molar-refractivity contribution in [2.45, 2.75) is 26.3 Å². The minimum absolute atomic E-state index is 0.139. The van der Waals surface area contributed by atoms with Crippen LogP contribution in [-0.4, -0.2) is 27.4 Å². The second-order valence-electron chi connectivity index (χ2n) is 4.28. The van der Waals surface area contributed by atoms with E-state index < -0.39 is 5.97 Å². The van der Waals surface area contributed by atoms with Gasteiger partial charge in [0.25, 0.3) is 0 Å². The Labute approximate surface area is 105 Å². The molecule has 96 valence electrons. The van der Waals surface area contributed by atoms with E-state index in [0.717, 1.165) is 22.9 Å². The molecule has 4 nitrogen and oxygen atoms in total. The van der Waals surface area contributed by atoms with Gasteiger partial charge in [-0.15, -0.1) is 0 Å². The molecule has 0 atom stereocenters. The van der Waals surface area contributed by atoms with Gasteiger partial charge in [0.2, 0.25) is 0 Å². The molecule has 0 bridgehead atoms. The number of carboxylic acids is 1. The summed E-state index contributed by atoms with van der Waals surface area (Å²) in [5.41, 5.74) is 2.33. The smallest absolute Gasteiger partial charge is 0.336 e. The van der Waals surface area contributed by atoms with E-state index in [1.54, 1.807) is 12.1 Å². The molecule has 1 aromatic heterocycles. The molecule has 0 amide bonds. The number of carboxylic acid groups (broad SMARTS) is 1. The van der Waals surface area contributed by atoms with Gasteiger partial charge in [0, 0.05) is 30.3 Å². The fourth-order valence-electron chi connectivity index (χ4n) is 2.31. The van der Waals surface area contributed by atoms with Crippen LogP contribution in [0.3, 0.4) is 0 Å². The highest BCUT2D eigenvalue weighted by atomic mass is 16.4. The van der Waals surface area contributed by atoms with Crippen molar-refractivity contribution in [1.29, 1.82) is 0 Å². The highest BCUT2D eigenvalue weighted by Crippen LogP contribution is 2.26. The van der Waals surface area contributed by atoms with E-state index in [9.17, 15) is 9.90 Å². The predicted octanol–water partition coefficient (Wildman–Crippen LogP) is 2.28. The lowest BCUT2D eigenvalue weighted by atomic mass is 10.1. The average molecular weight is 247 g/mol. The Morgan fingerprint density at radius 2 is 2.17 bits per heavy atom. The van der Waals surface area contributed by atoms with Crippen LogP contribution in [0.5, 0.6) is 0 Å². The molecule has 0 aliphatic heterocycles. The summed E-state index contributed by atoms with van der Waals surface area (Å²) in [5.74, 6) is -0.893. The Bertz CT molecular complexity index is 572. The van der Waals surface area contributed by atoms with E-state index in [1.807, 2.05) is 23.8 Å². The van der Waals surface area contributed by atoms with Gasteiger partial charge in [-0.1, -0.05) is 13.0 Å². The van der Waals surface area contributed by atoms with Crippen LogP contribution in [0, 0.1) is 0 Å². The summed E-state index contributed by atoms with van der Waals surface area (Å²) < 4.78 is 2.02. The maximum Gasteiger partial charge on any atom is 0.336 e. The van der Waals surface area contributed by atoms with Gasteiger partial charge in [-0.3, -0.25) is 0 Å². The molecule has 1 heterocycles. The molecule has 4 heteroatoms. The monoisotopic (exact) mass is 247 g/mol. The normalized spacial score (nSPS) is 11.0. The van der Waals surface area contributed by atoms with Gasteiger partial charge in [0.15, 0.2) is 0 Å². The lowest BCUT2D eigenvalue weighted by Crippen LogP contribution is -2.00. The fourth-order valence-corrected chi connectivity index (χ4v) is 2.31. The Hall–Kier alpha value is -1.81. The number of benzene rings is 1. The molecule has 0 aliphatic carbocycles. The fraction of sp³-hybridized carbons (Fsp3) is 0.357. The third kappa shape index (κ3) is 2.11. The van der Waals surface area contributed by atoms with Crippen molar-refractivity contribution in [3.05, 3.63) is 35.5 Å². The summed E-state index contributed by atoms with van der Waals surface area (Å²) in [4.78, 5) is 11.3. The minimum atomic E-state index is -0.893. The van der Waals surface area contributed by atoms with Crippen molar-refractivity contribution >= 4 is 16.9 Å². The molecule has 0 saturated heterocycles. The molecule has 1 aromatic carbocycles. The second-order valence-corrected chi connectivity index (χ2v) is 4.28. The van der Waals surface area contributed by atoms with Gasteiger partial charge in [0.05, 0.1) is 5.56 Å². The third-order valence-corrected chi connectivity index (χ3v) is 3.15. The van der Waals surface area contributed by atoms with Crippen LogP contribution in [-0.2, 0) is 13.0 Å². The minimum Gasteiger partial charge on any atom is -0.478 e. The van der Waals surface area contributed by atoms with Crippen LogP contribution in [0.25, 0.3) is 10.9 Å². The van der Waals surface area contributed by atoms with Gasteiger partial charge >= 0.3 is 5.97 Å². The number of carbonyl (C=O) groups is 1. The van der Waals surface area contributed by atoms with Gasteiger partial charge in [-0.2, -0.15) is 0 Å². The van der Waals surface area contributed by atoms with Crippen LogP contribution in [0.15, 0.2) is 24.4 Å². The average Bonchev–Trinajstić information content (AvgIpc) is 2.74.